The van der Waals surface area contributed by atoms with Crippen molar-refractivity contribution >= 4 is 11.8 Å². The van der Waals surface area contributed by atoms with Crippen LogP contribution in [-0.4, -0.2) is 48.3 Å². The molecule has 0 unspecified atom stereocenters. The molecule has 0 atom stereocenters. The molecule has 1 aliphatic heterocycles. The zero-order valence-corrected chi connectivity index (χ0v) is 11.9. The van der Waals surface area contributed by atoms with Gasteiger partial charge < -0.3 is 9.80 Å². The molecule has 0 bridgehead atoms. The fourth-order valence-corrected chi connectivity index (χ4v) is 2.35. The first-order chi connectivity index (χ1) is 9.49. The third kappa shape index (κ3) is 3.15. The lowest BCUT2D eigenvalue weighted by Gasteiger charge is -2.21. The van der Waals surface area contributed by atoms with Gasteiger partial charge in [0.25, 0.3) is 5.91 Å². The standard InChI is InChI=1S/C15H19FN2O2/c1-11-5-6-13(16)12(9-11)15(20)17(2)10-14(19)18-7-3-4-8-18/h5-6,9H,3-4,7-8,10H2,1-2H3. The van der Waals surface area contributed by atoms with Gasteiger partial charge in [-0.1, -0.05) is 11.6 Å². The Labute approximate surface area is 118 Å². The van der Waals surface area contributed by atoms with Crippen molar-refractivity contribution in [1.29, 1.82) is 0 Å². The van der Waals surface area contributed by atoms with Gasteiger partial charge in [-0.25, -0.2) is 4.39 Å². The summed E-state index contributed by atoms with van der Waals surface area (Å²) < 4.78 is 13.7. The zero-order valence-electron chi connectivity index (χ0n) is 11.9. The van der Waals surface area contributed by atoms with Gasteiger partial charge in [0, 0.05) is 20.1 Å². The number of carbonyl (C=O) groups is 2. The van der Waals surface area contributed by atoms with Crippen LogP contribution in [0, 0.1) is 12.7 Å². The molecule has 1 aromatic rings. The summed E-state index contributed by atoms with van der Waals surface area (Å²) in [6.07, 6.45) is 2.02. The van der Waals surface area contributed by atoms with Crippen LogP contribution in [-0.2, 0) is 4.79 Å². The van der Waals surface area contributed by atoms with Crippen LogP contribution in [0.4, 0.5) is 4.39 Å². The Balaban J connectivity index is 2.04. The fourth-order valence-electron chi connectivity index (χ4n) is 2.35. The third-order valence-corrected chi connectivity index (χ3v) is 3.53. The molecule has 1 saturated heterocycles. The van der Waals surface area contributed by atoms with E-state index in [-0.39, 0.29) is 18.0 Å². The lowest BCUT2D eigenvalue weighted by Crippen LogP contribution is -2.40. The number of rotatable bonds is 3. The molecule has 1 aliphatic rings. The average molecular weight is 278 g/mol. The van der Waals surface area contributed by atoms with Crippen LogP contribution in [0.25, 0.3) is 0 Å². The lowest BCUT2D eigenvalue weighted by molar-refractivity contribution is -0.130. The van der Waals surface area contributed by atoms with E-state index in [4.69, 9.17) is 0 Å². The van der Waals surface area contributed by atoms with Crippen LogP contribution in [0.1, 0.15) is 28.8 Å². The van der Waals surface area contributed by atoms with Crippen molar-refractivity contribution in [1.82, 2.24) is 9.80 Å². The number of nitrogens with zero attached hydrogens (tertiary/aromatic N) is 2. The number of amides is 2. The average Bonchev–Trinajstić information content (AvgIpc) is 2.94. The van der Waals surface area contributed by atoms with Crippen LogP contribution in [0.5, 0.6) is 0 Å². The molecule has 1 aromatic carbocycles. The summed E-state index contributed by atoms with van der Waals surface area (Å²) in [5.41, 5.74) is 0.829. The second-order valence-electron chi connectivity index (χ2n) is 5.23. The molecule has 0 N–H and O–H groups in total. The zero-order chi connectivity index (χ0) is 14.7. The van der Waals surface area contributed by atoms with Crippen LogP contribution < -0.4 is 0 Å². The molecule has 20 heavy (non-hydrogen) atoms. The molecule has 2 rings (SSSR count). The number of aryl methyl sites for hydroxylation is 1. The smallest absolute Gasteiger partial charge is 0.257 e. The van der Waals surface area contributed by atoms with E-state index in [1.54, 1.807) is 17.9 Å². The molecule has 1 fully saturated rings. The second-order valence-corrected chi connectivity index (χ2v) is 5.23. The minimum atomic E-state index is -0.555. The Hall–Kier alpha value is -1.91. The van der Waals surface area contributed by atoms with E-state index in [9.17, 15) is 14.0 Å². The SMILES string of the molecule is Cc1ccc(F)c(C(=O)N(C)CC(=O)N2CCCC2)c1. The Kier molecular flexibility index (Phi) is 4.37. The molecule has 1 heterocycles. The normalized spacial score (nSPS) is 14.4. The Morgan fingerprint density at radius 1 is 1.30 bits per heavy atom. The van der Waals surface area contributed by atoms with E-state index in [1.165, 1.54) is 24.1 Å². The number of likely N-dealkylation sites (tertiary alicyclic amines) is 1. The van der Waals surface area contributed by atoms with Gasteiger partial charge in [0.1, 0.15) is 5.82 Å². The molecular weight excluding hydrogens is 259 g/mol. The van der Waals surface area contributed by atoms with Gasteiger partial charge in [0.2, 0.25) is 5.91 Å². The van der Waals surface area contributed by atoms with Crippen molar-refractivity contribution in [3.8, 4) is 0 Å². The summed E-state index contributed by atoms with van der Waals surface area (Å²) in [5.74, 6) is -1.09. The third-order valence-electron chi connectivity index (χ3n) is 3.53. The van der Waals surface area contributed by atoms with Crippen LogP contribution in [0.3, 0.4) is 0 Å². The largest absolute Gasteiger partial charge is 0.341 e. The van der Waals surface area contributed by atoms with Gasteiger partial charge in [-0.3, -0.25) is 9.59 Å². The van der Waals surface area contributed by atoms with Gasteiger partial charge in [-0.15, -0.1) is 0 Å². The van der Waals surface area contributed by atoms with Gasteiger partial charge in [-0.2, -0.15) is 0 Å². The maximum atomic E-state index is 13.7. The van der Waals surface area contributed by atoms with E-state index in [2.05, 4.69) is 0 Å². The summed E-state index contributed by atoms with van der Waals surface area (Å²) in [6, 6.07) is 4.40. The number of carbonyl (C=O) groups excluding carboxylic acids is 2. The fraction of sp³-hybridized carbons (Fsp3) is 0.467. The van der Waals surface area contributed by atoms with Crippen molar-refractivity contribution in [2.75, 3.05) is 26.7 Å². The quantitative estimate of drug-likeness (QED) is 0.846. The van der Waals surface area contributed by atoms with E-state index in [0.717, 1.165) is 31.5 Å². The van der Waals surface area contributed by atoms with E-state index >= 15 is 0 Å². The molecular formula is C15H19FN2O2. The highest BCUT2D eigenvalue weighted by Gasteiger charge is 2.23. The molecule has 0 spiro atoms. The number of benzene rings is 1. The number of hydrogen-bond donors (Lipinski definition) is 0. The van der Waals surface area contributed by atoms with Crippen molar-refractivity contribution in [3.05, 3.63) is 35.1 Å². The van der Waals surface area contributed by atoms with Crippen LogP contribution in [0.15, 0.2) is 18.2 Å². The highest BCUT2D eigenvalue weighted by molar-refractivity contribution is 5.96. The Morgan fingerprint density at radius 3 is 2.60 bits per heavy atom. The van der Waals surface area contributed by atoms with Crippen LogP contribution >= 0.6 is 0 Å². The first-order valence-electron chi connectivity index (χ1n) is 6.78. The first-order valence-corrected chi connectivity index (χ1v) is 6.78. The predicted octanol–water partition coefficient (Wildman–Crippen LogP) is 1.83. The van der Waals surface area contributed by atoms with Gasteiger partial charge in [-0.05, 0) is 31.9 Å². The Morgan fingerprint density at radius 2 is 1.95 bits per heavy atom. The van der Waals surface area contributed by atoms with E-state index < -0.39 is 11.7 Å². The number of halogens is 1. The van der Waals surface area contributed by atoms with Crippen molar-refractivity contribution in [2.24, 2.45) is 0 Å². The molecule has 4 nitrogen and oxygen atoms in total. The highest BCUT2D eigenvalue weighted by atomic mass is 19.1. The minimum absolute atomic E-state index is 0.00772. The predicted molar refractivity (Wildman–Crippen MR) is 73.9 cm³/mol. The number of hydrogen-bond acceptors (Lipinski definition) is 2. The van der Waals surface area contributed by atoms with Gasteiger partial charge in [0.15, 0.2) is 0 Å². The topological polar surface area (TPSA) is 40.6 Å². The van der Waals surface area contributed by atoms with Gasteiger partial charge >= 0.3 is 0 Å². The Bertz CT molecular complexity index is 525. The second kappa shape index (κ2) is 6.03. The van der Waals surface area contributed by atoms with Crippen molar-refractivity contribution < 1.29 is 14.0 Å². The first kappa shape index (κ1) is 14.5. The maximum Gasteiger partial charge on any atom is 0.257 e. The van der Waals surface area contributed by atoms with Crippen LogP contribution in [0.2, 0.25) is 0 Å². The maximum absolute atomic E-state index is 13.7. The summed E-state index contributed by atoms with van der Waals surface area (Å²) in [7, 11) is 1.53. The highest BCUT2D eigenvalue weighted by Crippen LogP contribution is 2.13. The monoisotopic (exact) mass is 278 g/mol. The summed E-state index contributed by atoms with van der Waals surface area (Å²) in [6.45, 7) is 3.29. The summed E-state index contributed by atoms with van der Waals surface area (Å²) >= 11 is 0. The molecule has 108 valence electrons. The molecule has 0 aromatic heterocycles. The van der Waals surface area contributed by atoms with E-state index in [0.29, 0.717) is 0 Å². The van der Waals surface area contributed by atoms with Gasteiger partial charge in [0.05, 0.1) is 12.1 Å². The van der Waals surface area contributed by atoms with E-state index in [1.807, 2.05) is 0 Å². The van der Waals surface area contributed by atoms with Crippen molar-refractivity contribution in [3.63, 3.8) is 0 Å². The van der Waals surface area contributed by atoms with Crippen molar-refractivity contribution in [2.45, 2.75) is 19.8 Å². The number of likely N-dealkylation sites (N-methyl/N-ethyl adjacent to an activating group) is 1. The minimum Gasteiger partial charge on any atom is -0.341 e. The summed E-state index contributed by atoms with van der Waals surface area (Å²) in [4.78, 5) is 27.2. The summed E-state index contributed by atoms with van der Waals surface area (Å²) in [5, 5.41) is 0. The molecule has 5 heteroatoms. The lowest BCUT2D eigenvalue weighted by atomic mass is 10.1. The molecule has 0 radical (unpaired) electrons. The molecule has 2 amide bonds. The molecule has 0 aliphatic carbocycles. The molecule has 0 saturated carbocycles.